The van der Waals surface area contributed by atoms with Gasteiger partial charge in [-0.3, -0.25) is 4.79 Å². The first-order valence-corrected chi connectivity index (χ1v) is 9.17. The molecule has 24 heavy (non-hydrogen) atoms. The van der Waals surface area contributed by atoms with Crippen molar-refractivity contribution >= 4 is 34.8 Å². The minimum Gasteiger partial charge on any atom is -0.452 e. The monoisotopic (exact) mass is 363 g/mol. The highest BCUT2D eigenvalue weighted by Crippen LogP contribution is 2.30. The lowest BCUT2D eigenvalue weighted by molar-refractivity contribution is -0.124. The van der Waals surface area contributed by atoms with E-state index >= 15 is 0 Å². The Morgan fingerprint density at radius 1 is 1.21 bits per heavy atom. The molecular weight excluding hydrogens is 346 g/mol. The maximum absolute atomic E-state index is 12.2. The summed E-state index contributed by atoms with van der Waals surface area (Å²) in [5, 5.41) is 5.15. The minimum absolute atomic E-state index is 0.284. The van der Waals surface area contributed by atoms with E-state index < -0.39 is 5.97 Å². The molecule has 1 N–H and O–H groups in total. The van der Waals surface area contributed by atoms with Gasteiger partial charge in [-0.15, -0.1) is 11.3 Å². The lowest BCUT2D eigenvalue weighted by atomic mass is 9.96. The van der Waals surface area contributed by atoms with Crippen molar-refractivity contribution in [1.29, 1.82) is 0 Å². The van der Waals surface area contributed by atoms with E-state index in [1.165, 1.54) is 11.3 Å². The summed E-state index contributed by atoms with van der Waals surface area (Å²) in [7, 11) is 0. The van der Waals surface area contributed by atoms with Gasteiger partial charge in [-0.1, -0.05) is 29.8 Å². The zero-order valence-corrected chi connectivity index (χ0v) is 14.7. The number of halogens is 1. The van der Waals surface area contributed by atoms with E-state index in [9.17, 15) is 9.59 Å². The van der Waals surface area contributed by atoms with E-state index in [2.05, 4.69) is 5.32 Å². The van der Waals surface area contributed by atoms with Gasteiger partial charge in [-0.05, 0) is 42.9 Å². The number of benzene rings is 1. The summed E-state index contributed by atoms with van der Waals surface area (Å²) in [5.41, 5.74) is 2.55. The SMILES string of the molecule is O=C(COC(=O)c1csc2c1CCCC2)NCc1ccccc1Cl. The molecule has 0 saturated heterocycles. The second-order valence-electron chi connectivity index (χ2n) is 5.70. The first kappa shape index (κ1) is 17.0. The number of rotatable bonds is 5. The van der Waals surface area contributed by atoms with Crippen molar-refractivity contribution in [1.82, 2.24) is 5.32 Å². The topological polar surface area (TPSA) is 55.4 Å². The van der Waals surface area contributed by atoms with E-state index in [1.54, 1.807) is 17.4 Å². The van der Waals surface area contributed by atoms with Crippen LogP contribution in [0.1, 0.15) is 39.2 Å². The molecule has 1 aromatic carbocycles. The lowest BCUT2D eigenvalue weighted by Crippen LogP contribution is -2.28. The predicted molar refractivity (Wildman–Crippen MR) is 94.5 cm³/mol. The fourth-order valence-electron chi connectivity index (χ4n) is 2.76. The second-order valence-corrected chi connectivity index (χ2v) is 7.07. The van der Waals surface area contributed by atoms with Gasteiger partial charge in [0, 0.05) is 21.8 Å². The predicted octanol–water partition coefficient (Wildman–Crippen LogP) is 3.75. The maximum atomic E-state index is 12.2. The standard InChI is InChI=1S/C18H18ClNO3S/c19-15-7-3-1-5-12(15)9-20-17(21)10-23-18(22)14-11-24-16-8-4-2-6-13(14)16/h1,3,5,7,11H,2,4,6,8-10H2,(H,20,21). The highest BCUT2D eigenvalue weighted by atomic mass is 35.5. The Balaban J connectivity index is 1.50. The van der Waals surface area contributed by atoms with Crippen LogP contribution in [0.15, 0.2) is 29.6 Å². The number of amides is 1. The Kier molecular flexibility index (Phi) is 5.53. The molecule has 2 aromatic rings. The van der Waals surface area contributed by atoms with Crippen LogP contribution in [-0.4, -0.2) is 18.5 Å². The highest BCUT2D eigenvalue weighted by molar-refractivity contribution is 7.10. The number of hydrogen-bond donors (Lipinski definition) is 1. The third-order valence-corrected chi connectivity index (χ3v) is 5.51. The number of ether oxygens (including phenoxy) is 1. The normalized spacial score (nSPS) is 13.2. The van der Waals surface area contributed by atoms with Gasteiger partial charge in [0.15, 0.2) is 6.61 Å². The van der Waals surface area contributed by atoms with Crippen LogP contribution in [0.25, 0.3) is 0 Å². The van der Waals surface area contributed by atoms with Crippen LogP contribution < -0.4 is 5.32 Å². The molecule has 1 aliphatic carbocycles. The summed E-state index contributed by atoms with van der Waals surface area (Å²) in [5.74, 6) is -0.755. The smallest absolute Gasteiger partial charge is 0.339 e. The molecule has 0 saturated carbocycles. The number of aryl methyl sites for hydroxylation is 1. The van der Waals surface area contributed by atoms with Crippen LogP contribution in [0.3, 0.4) is 0 Å². The number of hydrogen-bond acceptors (Lipinski definition) is 4. The Hall–Kier alpha value is -1.85. The number of thiophene rings is 1. The molecule has 1 heterocycles. The number of fused-ring (bicyclic) bond motifs is 1. The van der Waals surface area contributed by atoms with Crippen molar-refractivity contribution in [2.75, 3.05) is 6.61 Å². The van der Waals surface area contributed by atoms with Gasteiger partial charge in [0.25, 0.3) is 5.91 Å². The van der Waals surface area contributed by atoms with Gasteiger partial charge < -0.3 is 10.1 Å². The van der Waals surface area contributed by atoms with Crippen molar-refractivity contribution in [3.05, 3.63) is 56.2 Å². The third kappa shape index (κ3) is 3.97. The van der Waals surface area contributed by atoms with Crippen molar-refractivity contribution in [3.63, 3.8) is 0 Å². The van der Waals surface area contributed by atoms with Crippen molar-refractivity contribution < 1.29 is 14.3 Å². The Morgan fingerprint density at radius 3 is 2.83 bits per heavy atom. The molecule has 0 aliphatic heterocycles. The van der Waals surface area contributed by atoms with E-state index in [0.29, 0.717) is 17.1 Å². The first-order valence-electron chi connectivity index (χ1n) is 7.91. The summed E-state index contributed by atoms with van der Waals surface area (Å²) in [6, 6.07) is 7.29. The molecule has 0 fully saturated rings. The number of esters is 1. The van der Waals surface area contributed by atoms with Crippen LogP contribution in [0.4, 0.5) is 0 Å². The molecule has 0 atom stereocenters. The quantitative estimate of drug-likeness (QED) is 0.823. The Bertz CT molecular complexity index is 756. The zero-order chi connectivity index (χ0) is 16.9. The number of carbonyl (C=O) groups excluding carboxylic acids is 2. The number of nitrogens with one attached hydrogen (secondary N) is 1. The maximum Gasteiger partial charge on any atom is 0.339 e. The molecule has 126 valence electrons. The summed E-state index contributed by atoms with van der Waals surface area (Å²) in [6.45, 7) is 0.0256. The molecule has 6 heteroatoms. The Morgan fingerprint density at radius 2 is 2.00 bits per heavy atom. The first-order chi connectivity index (χ1) is 11.6. The van der Waals surface area contributed by atoms with Crippen LogP contribution in [-0.2, 0) is 28.9 Å². The van der Waals surface area contributed by atoms with Crippen molar-refractivity contribution in [2.45, 2.75) is 32.2 Å². The van der Waals surface area contributed by atoms with Gasteiger partial charge in [-0.25, -0.2) is 4.79 Å². The fraction of sp³-hybridized carbons (Fsp3) is 0.333. The molecule has 1 amide bonds. The van der Waals surface area contributed by atoms with E-state index in [4.69, 9.17) is 16.3 Å². The summed E-state index contributed by atoms with van der Waals surface area (Å²) in [6.07, 6.45) is 4.22. The van der Waals surface area contributed by atoms with Gasteiger partial charge >= 0.3 is 5.97 Å². The van der Waals surface area contributed by atoms with Gasteiger partial charge in [0.1, 0.15) is 0 Å². The molecule has 1 aliphatic rings. The molecule has 0 bridgehead atoms. The minimum atomic E-state index is -0.415. The average Bonchev–Trinajstić information content (AvgIpc) is 3.03. The van der Waals surface area contributed by atoms with Crippen LogP contribution >= 0.6 is 22.9 Å². The molecule has 0 unspecified atom stereocenters. The van der Waals surface area contributed by atoms with Crippen molar-refractivity contribution in [3.8, 4) is 0 Å². The highest BCUT2D eigenvalue weighted by Gasteiger charge is 2.21. The molecule has 0 radical (unpaired) electrons. The van der Waals surface area contributed by atoms with Crippen LogP contribution in [0.2, 0.25) is 5.02 Å². The third-order valence-electron chi connectivity index (χ3n) is 4.05. The van der Waals surface area contributed by atoms with E-state index in [-0.39, 0.29) is 12.5 Å². The number of carbonyl (C=O) groups is 2. The zero-order valence-electron chi connectivity index (χ0n) is 13.1. The molecule has 4 nitrogen and oxygen atoms in total. The van der Waals surface area contributed by atoms with E-state index in [0.717, 1.165) is 30.4 Å². The molecule has 0 spiro atoms. The van der Waals surface area contributed by atoms with Gasteiger partial charge in [0.05, 0.1) is 5.56 Å². The van der Waals surface area contributed by atoms with Crippen molar-refractivity contribution in [2.24, 2.45) is 0 Å². The van der Waals surface area contributed by atoms with E-state index in [1.807, 2.05) is 23.6 Å². The largest absolute Gasteiger partial charge is 0.452 e. The summed E-state index contributed by atoms with van der Waals surface area (Å²) >= 11 is 7.64. The summed E-state index contributed by atoms with van der Waals surface area (Å²) in [4.78, 5) is 25.3. The Labute approximate surface area is 149 Å². The van der Waals surface area contributed by atoms with Gasteiger partial charge in [-0.2, -0.15) is 0 Å². The fourth-order valence-corrected chi connectivity index (χ4v) is 4.08. The van der Waals surface area contributed by atoms with Crippen LogP contribution in [0, 0.1) is 0 Å². The van der Waals surface area contributed by atoms with Crippen LogP contribution in [0.5, 0.6) is 0 Å². The molecule has 3 rings (SSSR count). The second kappa shape index (κ2) is 7.81. The molecule has 1 aromatic heterocycles. The lowest BCUT2D eigenvalue weighted by Gasteiger charge is -2.12. The molecular formula is C18H18ClNO3S. The average molecular weight is 364 g/mol. The van der Waals surface area contributed by atoms with Gasteiger partial charge in [0.2, 0.25) is 0 Å². The summed E-state index contributed by atoms with van der Waals surface area (Å²) < 4.78 is 5.16.